The Morgan fingerprint density at radius 1 is 0.886 bits per heavy atom. The van der Waals surface area contributed by atoms with Gasteiger partial charge in [0, 0.05) is 16.9 Å². The molecule has 0 saturated heterocycles. The van der Waals surface area contributed by atoms with E-state index in [1.54, 1.807) is 42.5 Å². The van der Waals surface area contributed by atoms with Crippen molar-refractivity contribution >= 4 is 50.7 Å². The fourth-order valence-corrected chi connectivity index (χ4v) is 4.12. The van der Waals surface area contributed by atoms with Crippen molar-refractivity contribution in [2.24, 2.45) is 5.14 Å². The van der Waals surface area contributed by atoms with Crippen LogP contribution in [0.3, 0.4) is 0 Å². The third-order valence-corrected chi connectivity index (χ3v) is 6.41. The summed E-state index contributed by atoms with van der Waals surface area (Å²) in [4.78, 5) is 39.0. The van der Waals surface area contributed by atoms with E-state index in [4.69, 9.17) is 16.7 Å². The van der Waals surface area contributed by atoms with E-state index < -0.39 is 27.7 Å². The van der Waals surface area contributed by atoms with E-state index in [2.05, 4.69) is 10.6 Å². The van der Waals surface area contributed by atoms with Crippen LogP contribution >= 0.6 is 11.6 Å². The quantitative estimate of drug-likeness (QED) is 0.417. The van der Waals surface area contributed by atoms with Crippen molar-refractivity contribution in [2.45, 2.75) is 11.4 Å². The number of imide groups is 1. The van der Waals surface area contributed by atoms with Gasteiger partial charge in [-0.05, 0) is 48.0 Å². The second kappa shape index (κ2) is 9.71. The predicted octanol–water partition coefficient (Wildman–Crippen LogP) is 3.02. The number of anilines is 2. The molecule has 0 aliphatic carbocycles. The van der Waals surface area contributed by atoms with Crippen molar-refractivity contribution in [3.63, 3.8) is 0 Å². The lowest BCUT2D eigenvalue weighted by Crippen LogP contribution is -2.31. The number of rotatable bonds is 7. The molecule has 0 atom stereocenters. The Balaban J connectivity index is 1.47. The highest BCUT2D eigenvalue weighted by molar-refractivity contribution is 7.89. The standard InChI is InChI=1S/C24H19ClN4O5S/c25-20-21(24(32)29(23(20)31)14-15-5-2-1-3-6-15)27-18-8-4-7-16(13-18)22(30)28-17-9-11-19(12-10-17)35(26,33)34/h1-13,27H,14H2,(H,28,30)(H2,26,33,34). The molecule has 0 bridgehead atoms. The van der Waals surface area contributed by atoms with Gasteiger partial charge in [0.25, 0.3) is 17.7 Å². The smallest absolute Gasteiger partial charge is 0.279 e. The number of halogens is 1. The minimum Gasteiger partial charge on any atom is -0.350 e. The highest BCUT2D eigenvalue weighted by atomic mass is 35.5. The zero-order chi connectivity index (χ0) is 25.2. The number of sulfonamides is 1. The minimum absolute atomic E-state index is 0.0760. The van der Waals surface area contributed by atoms with Gasteiger partial charge in [-0.25, -0.2) is 13.6 Å². The van der Waals surface area contributed by atoms with Gasteiger partial charge in [0.1, 0.15) is 10.7 Å². The number of amides is 3. The van der Waals surface area contributed by atoms with Crippen molar-refractivity contribution in [2.75, 3.05) is 10.6 Å². The van der Waals surface area contributed by atoms with Crippen molar-refractivity contribution in [1.82, 2.24) is 4.90 Å². The van der Waals surface area contributed by atoms with E-state index >= 15 is 0 Å². The summed E-state index contributed by atoms with van der Waals surface area (Å²) in [5, 5.41) is 10.3. The summed E-state index contributed by atoms with van der Waals surface area (Å²) in [5.41, 5.74) is 1.68. The Morgan fingerprint density at radius 3 is 2.23 bits per heavy atom. The molecule has 9 nitrogen and oxygen atoms in total. The van der Waals surface area contributed by atoms with Gasteiger partial charge >= 0.3 is 0 Å². The lowest BCUT2D eigenvalue weighted by atomic mass is 10.1. The fraction of sp³-hybridized carbons (Fsp3) is 0.0417. The SMILES string of the molecule is NS(=O)(=O)c1ccc(NC(=O)c2cccc(NC3=C(Cl)C(=O)N(Cc4ccccc4)C3=O)c2)cc1. The fourth-order valence-electron chi connectivity index (χ4n) is 3.38. The number of primary sulfonamides is 1. The molecule has 3 aromatic rings. The number of nitrogens with zero attached hydrogens (tertiary/aromatic N) is 1. The largest absolute Gasteiger partial charge is 0.350 e. The number of hydrogen-bond donors (Lipinski definition) is 3. The molecule has 11 heteroatoms. The molecule has 0 spiro atoms. The third-order valence-electron chi connectivity index (χ3n) is 5.13. The number of hydrogen-bond acceptors (Lipinski definition) is 6. The van der Waals surface area contributed by atoms with Gasteiger partial charge in [-0.1, -0.05) is 48.0 Å². The Bertz CT molecular complexity index is 1450. The minimum atomic E-state index is -3.84. The summed E-state index contributed by atoms with van der Waals surface area (Å²) in [7, 11) is -3.84. The summed E-state index contributed by atoms with van der Waals surface area (Å²) in [6, 6.07) is 20.7. The number of benzene rings is 3. The molecule has 1 aliphatic rings. The van der Waals surface area contributed by atoms with Crippen LogP contribution in [0.5, 0.6) is 0 Å². The number of carbonyl (C=O) groups is 3. The van der Waals surface area contributed by atoms with E-state index in [0.717, 1.165) is 10.5 Å². The maximum Gasteiger partial charge on any atom is 0.279 e. The van der Waals surface area contributed by atoms with Crippen LogP contribution in [0, 0.1) is 0 Å². The van der Waals surface area contributed by atoms with Gasteiger partial charge in [0.2, 0.25) is 10.0 Å². The van der Waals surface area contributed by atoms with Gasteiger partial charge in [-0.3, -0.25) is 19.3 Å². The molecule has 0 fully saturated rings. The van der Waals surface area contributed by atoms with Crippen LogP contribution in [0.2, 0.25) is 0 Å². The molecular weight excluding hydrogens is 492 g/mol. The molecule has 0 saturated carbocycles. The highest BCUT2D eigenvalue weighted by Gasteiger charge is 2.37. The molecular formula is C24H19ClN4O5S. The summed E-state index contributed by atoms with van der Waals surface area (Å²) in [5.74, 6) is -1.66. The van der Waals surface area contributed by atoms with Gasteiger partial charge in [0.15, 0.2) is 0 Å². The molecule has 0 unspecified atom stereocenters. The van der Waals surface area contributed by atoms with Gasteiger partial charge in [-0.15, -0.1) is 0 Å². The van der Waals surface area contributed by atoms with E-state index in [-0.39, 0.29) is 27.7 Å². The first-order chi connectivity index (χ1) is 16.6. The van der Waals surface area contributed by atoms with E-state index in [9.17, 15) is 22.8 Å². The zero-order valence-corrected chi connectivity index (χ0v) is 19.6. The normalized spacial score (nSPS) is 13.8. The molecule has 0 radical (unpaired) electrons. The molecule has 1 heterocycles. The Hall–Kier alpha value is -3.99. The van der Waals surface area contributed by atoms with Crippen LogP contribution in [-0.4, -0.2) is 31.0 Å². The van der Waals surface area contributed by atoms with Crippen LogP contribution in [-0.2, 0) is 26.2 Å². The highest BCUT2D eigenvalue weighted by Crippen LogP contribution is 2.27. The average molecular weight is 511 g/mol. The van der Waals surface area contributed by atoms with E-state index in [1.807, 2.05) is 6.07 Å². The summed E-state index contributed by atoms with van der Waals surface area (Å²) in [6.07, 6.45) is 0. The van der Waals surface area contributed by atoms with Gasteiger partial charge in [0.05, 0.1) is 11.4 Å². The average Bonchev–Trinajstić information content (AvgIpc) is 3.03. The first-order valence-electron chi connectivity index (χ1n) is 10.2. The molecule has 3 aromatic carbocycles. The van der Waals surface area contributed by atoms with Crippen LogP contribution in [0.15, 0.2) is 94.5 Å². The second-order valence-electron chi connectivity index (χ2n) is 7.60. The van der Waals surface area contributed by atoms with Crippen LogP contribution < -0.4 is 15.8 Å². The molecule has 4 rings (SSSR count). The maximum absolute atomic E-state index is 12.9. The Labute approximate surface area is 206 Å². The van der Waals surface area contributed by atoms with E-state index in [0.29, 0.717) is 11.4 Å². The second-order valence-corrected chi connectivity index (χ2v) is 9.54. The number of carbonyl (C=O) groups excluding carboxylic acids is 3. The van der Waals surface area contributed by atoms with Crippen molar-refractivity contribution in [3.8, 4) is 0 Å². The summed E-state index contributed by atoms with van der Waals surface area (Å²) >= 11 is 6.16. The number of nitrogens with two attached hydrogens (primary N) is 1. The lowest BCUT2D eigenvalue weighted by Gasteiger charge is -2.15. The van der Waals surface area contributed by atoms with Gasteiger partial charge in [-0.2, -0.15) is 0 Å². The van der Waals surface area contributed by atoms with Crippen LogP contribution in [0.25, 0.3) is 0 Å². The topological polar surface area (TPSA) is 139 Å². The molecule has 3 amide bonds. The molecule has 178 valence electrons. The zero-order valence-electron chi connectivity index (χ0n) is 18.1. The molecule has 4 N–H and O–H groups in total. The van der Waals surface area contributed by atoms with Crippen molar-refractivity contribution in [3.05, 3.63) is 101 Å². The first kappa shape index (κ1) is 24.1. The number of nitrogens with one attached hydrogen (secondary N) is 2. The third kappa shape index (κ3) is 5.40. The van der Waals surface area contributed by atoms with Crippen molar-refractivity contribution < 1.29 is 22.8 Å². The monoisotopic (exact) mass is 510 g/mol. The maximum atomic E-state index is 12.9. The van der Waals surface area contributed by atoms with Crippen LogP contribution in [0.4, 0.5) is 11.4 Å². The first-order valence-corrected chi connectivity index (χ1v) is 12.2. The van der Waals surface area contributed by atoms with Gasteiger partial charge < -0.3 is 10.6 Å². The predicted molar refractivity (Wildman–Crippen MR) is 131 cm³/mol. The Morgan fingerprint density at radius 2 is 1.57 bits per heavy atom. The van der Waals surface area contributed by atoms with E-state index in [1.165, 1.54) is 30.3 Å². The molecule has 0 aromatic heterocycles. The summed E-state index contributed by atoms with van der Waals surface area (Å²) in [6.45, 7) is 0.0760. The summed E-state index contributed by atoms with van der Waals surface area (Å²) < 4.78 is 22.7. The van der Waals surface area contributed by atoms with Crippen LogP contribution in [0.1, 0.15) is 15.9 Å². The lowest BCUT2D eigenvalue weighted by molar-refractivity contribution is -0.138. The van der Waals surface area contributed by atoms with Crippen molar-refractivity contribution in [1.29, 1.82) is 0 Å². The Kier molecular flexibility index (Phi) is 6.70. The molecule has 35 heavy (non-hydrogen) atoms. The molecule has 1 aliphatic heterocycles.